The van der Waals surface area contributed by atoms with Gasteiger partial charge in [0.15, 0.2) is 0 Å². The minimum absolute atomic E-state index is 0.359. The van der Waals surface area contributed by atoms with E-state index in [-0.39, 0.29) is 0 Å². The van der Waals surface area contributed by atoms with Crippen LogP contribution in [0.15, 0.2) is 54.3 Å². The molecule has 3 atom stereocenters. The minimum Gasteiger partial charge on any atom is -0.388 e. The highest BCUT2D eigenvalue weighted by Crippen LogP contribution is 2.35. The molecule has 0 heterocycles. The minimum atomic E-state index is 0.359. The molecule has 0 spiro atoms. The van der Waals surface area contributed by atoms with Crippen LogP contribution in [-0.2, 0) is 0 Å². The van der Waals surface area contributed by atoms with Gasteiger partial charge in [-0.25, -0.2) is 0 Å². The van der Waals surface area contributed by atoms with Gasteiger partial charge in [0.2, 0.25) is 0 Å². The second-order valence-corrected chi connectivity index (χ2v) is 8.36. The highest BCUT2D eigenvalue weighted by atomic mass is 14.9. The Morgan fingerprint density at radius 1 is 1.13 bits per heavy atom. The summed E-state index contributed by atoms with van der Waals surface area (Å²) in [5, 5.41) is 3.70. The zero-order valence-corrected chi connectivity index (χ0v) is 15.5. The van der Waals surface area contributed by atoms with Crippen molar-refractivity contribution in [2.24, 2.45) is 17.3 Å². The molecule has 1 aromatic rings. The zero-order chi connectivity index (χ0) is 17.0. The Hall–Kier alpha value is -1.50. The molecule has 1 aromatic carbocycles. The van der Waals surface area contributed by atoms with Crippen LogP contribution in [0.4, 0.5) is 0 Å². The van der Waals surface area contributed by atoms with Crippen molar-refractivity contribution >= 4 is 0 Å². The molecule has 23 heavy (non-hydrogen) atoms. The van der Waals surface area contributed by atoms with Crippen molar-refractivity contribution in [1.82, 2.24) is 5.32 Å². The Bertz CT molecular complexity index is 547. The van der Waals surface area contributed by atoms with Crippen molar-refractivity contribution in [2.75, 3.05) is 6.54 Å². The number of hydrogen-bond donors (Lipinski definition) is 1. The second kappa shape index (κ2) is 7.38. The molecule has 1 nitrogen and oxygen atoms in total. The summed E-state index contributed by atoms with van der Waals surface area (Å²) in [5.74, 6) is 1.90. The molecule has 2 rings (SSSR count). The average Bonchev–Trinajstić information content (AvgIpc) is 2.51. The first-order valence-electron chi connectivity index (χ1n) is 8.94. The molecule has 0 bridgehead atoms. The predicted octanol–water partition coefficient (Wildman–Crippen LogP) is 5.91. The number of hydrogen-bond acceptors (Lipinski definition) is 1. The molecule has 1 N–H and O–H groups in total. The summed E-state index contributed by atoms with van der Waals surface area (Å²) < 4.78 is 0. The fourth-order valence-electron chi connectivity index (χ4n) is 3.42. The van der Waals surface area contributed by atoms with Crippen molar-refractivity contribution < 1.29 is 0 Å². The van der Waals surface area contributed by atoms with Gasteiger partial charge in [-0.2, -0.15) is 0 Å². The smallest absolute Gasteiger partial charge is 0.0172 e. The maximum atomic E-state index is 4.23. The Labute approximate surface area is 142 Å². The molecule has 1 aliphatic rings. The maximum Gasteiger partial charge on any atom is 0.0172 e. The first-order valence-corrected chi connectivity index (χ1v) is 8.94. The standard InChI is InChI=1S/C22H33N/c1-16-12-20(19-10-8-7-9-11-19)14-21(13-16)23-15-17(2)18(3)22(4,5)6/h7-11,13,17-18,20,23H,1,12,14-15H2,2-6H3. The lowest BCUT2D eigenvalue weighted by atomic mass is 9.75. The van der Waals surface area contributed by atoms with E-state index in [0.717, 1.165) is 19.4 Å². The van der Waals surface area contributed by atoms with E-state index in [0.29, 0.717) is 23.2 Å². The average molecular weight is 312 g/mol. The van der Waals surface area contributed by atoms with Gasteiger partial charge in [0, 0.05) is 12.2 Å². The van der Waals surface area contributed by atoms with Gasteiger partial charge >= 0.3 is 0 Å². The number of benzene rings is 1. The molecule has 1 aliphatic carbocycles. The third-order valence-electron chi connectivity index (χ3n) is 5.49. The van der Waals surface area contributed by atoms with Crippen molar-refractivity contribution in [3.8, 4) is 0 Å². The van der Waals surface area contributed by atoms with Crippen LogP contribution < -0.4 is 5.32 Å². The molecule has 0 aliphatic heterocycles. The van der Waals surface area contributed by atoms with Crippen molar-refractivity contribution in [3.63, 3.8) is 0 Å². The normalized spacial score (nSPS) is 21.5. The predicted molar refractivity (Wildman–Crippen MR) is 101 cm³/mol. The second-order valence-electron chi connectivity index (χ2n) is 8.36. The number of allylic oxidation sites excluding steroid dienone is 3. The van der Waals surface area contributed by atoms with Crippen LogP contribution in [-0.4, -0.2) is 6.54 Å². The van der Waals surface area contributed by atoms with Crippen molar-refractivity contribution in [1.29, 1.82) is 0 Å². The van der Waals surface area contributed by atoms with Gasteiger partial charge < -0.3 is 5.32 Å². The van der Waals surface area contributed by atoms with Crippen LogP contribution in [0.3, 0.4) is 0 Å². The third kappa shape index (κ3) is 4.99. The lowest BCUT2D eigenvalue weighted by Gasteiger charge is -2.33. The van der Waals surface area contributed by atoms with Gasteiger partial charge in [0.05, 0.1) is 0 Å². The van der Waals surface area contributed by atoms with Gasteiger partial charge in [0.1, 0.15) is 0 Å². The maximum absolute atomic E-state index is 4.23. The molecule has 0 saturated heterocycles. The molecule has 0 saturated carbocycles. The molecule has 0 radical (unpaired) electrons. The Balaban J connectivity index is 1.96. The van der Waals surface area contributed by atoms with E-state index in [1.54, 1.807) is 0 Å². The highest BCUT2D eigenvalue weighted by Gasteiger charge is 2.26. The Morgan fingerprint density at radius 3 is 2.39 bits per heavy atom. The highest BCUT2D eigenvalue weighted by molar-refractivity contribution is 5.32. The van der Waals surface area contributed by atoms with E-state index in [9.17, 15) is 0 Å². The third-order valence-corrected chi connectivity index (χ3v) is 5.49. The largest absolute Gasteiger partial charge is 0.388 e. The van der Waals surface area contributed by atoms with Crippen LogP contribution in [0, 0.1) is 17.3 Å². The van der Waals surface area contributed by atoms with Crippen LogP contribution in [0.1, 0.15) is 58.9 Å². The molecule has 3 unspecified atom stereocenters. The fourth-order valence-corrected chi connectivity index (χ4v) is 3.42. The van der Waals surface area contributed by atoms with E-state index < -0.39 is 0 Å². The van der Waals surface area contributed by atoms with Crippen molar-refractivity contribution in [2.45, 2.75) is 53.4 Å². The quantitative estimate of drug-likeness (QED) is 0.712. The SMILES string of the molecule is C=C1C=C(NCC(C)C(C)C(C)(C)C)CC(c2ccccc2)C1. The summed E-state index contributed by atoms with van der Waals surface area (Å²) in [4.78, 5) is 0. The Kier molecular flexibility index (Phi) is 5.73. The van der Waals surface area contributed by atoms with Gasteiger partial charge in [-0.1, -0.05) is 77.1 Å². The van der Waals surface area contributed by atoms with Gasteiger partial charge in [-0.15, -0.1) is 0 Å². The van der Waals surface area contributed by atoms with Crippen LogP contribution in [0.25, 0.3) is 0 Å². The van der Waals surface area contributed by atoms with Crippen LogP contribution in [0.2, 0.25) is 0 Å². The van der Waals surface area contributed by atoms with Crippen LogP contribution >= 0.6 is 0 Å². The molecule has 0 amide bonds. The monoisotopic (exact) mass is 311 g/mol. The van der Waals surface area contributed by atoms with Crippen LogP contribution in [0.5, 0.6) is 0 Å². The molecule has 0 fully saturated rings. The first kappa shape index (κ1) is 17.8. The number of nitrogens with one attached hydrogen (secondary N) is 1. The summed E-state index contributed by atoms with van der Waals surface area (Å²) in [7, 11) is 0. The molecular weight excluding hydrogens is 278 g/mol. The van der Waals surface area contributed by atoms with E-state index >= 15 is 0 Å². The van der Waals surface area contributed by atoms with E-state index in [1.807, 2.05) is 0 Å². The van der Waals surface area contributed by atoms with Crippen molar-refractivity contribution in [3.05, 3.63) is 59.8 Å². The summed E-state index contributed by atoms with van der Waals surface area (Å²) in [6, 6.07) is 10.8. The van der Waals surface area contributed by atoms with E-state index in [1.165, 1.54) is 16.8 Å². The molecule has 0 aromatic heterocycles. The Morgan fingerprint density at radius 2 is 1.78 bits per heavy atom. The molecule has 1 heteroatoms. The number of rotatable bonds is 5. The van der Waals surface area contributed by atoms with E-state index in [4.69, 9.17) is 0 Å². The van der Waals surface area contributed by atoms with Gasteiger partial charge in [0.25, 0.3) is 0 Å². The summed E-state index contributed by atoms with van der Waals surface area (Å²) in [5.41, 5.74) is 4.38. The van der Waals surface area contributed by atoms with Gasteiger partial charge in [-0.05, 0) is 47.6 Å². The van der Waals surface area contributed by atoms with Gasteiger partial charge in [-0.3, -0.25) is 0 Å². The summed E-state index contributed by atoms with van der Waals surface area (Å²) in [6.07, 6.45) is 4.43. The molecular formula is C22H33N. The molecule has 126 valence electrons. The lowest BCUT2D eigenvalue weighted by Crippen LogP contribution is -2.32. The van der Waals surface area contributed by atoms with E-state index in [2.05, 4.69) is 82.9 Å². The lowest BCUT2D eigenvalue weighted by molar-refractivity contribution is 0.186. The first-order chi connectivity index (χ1) is 10.8. The summed E-state index contributed by atoms with van der Waals surface area (Å²) in [6.45, 7) is 17.0. The zero-order valence-electron chi connectivity index (χ0n) is 15.5. The topological polar surface area (TPSA) is 12.0 Å². The summed E-state index contributed by atoms with van der Waals surface area (Å²) >= 11 is 0. The fraction of sp³-hybridized carbons (Fsp3) is 0.545.